The Hall–Kier alpha value is -1.38. The lowest BCUT2D eigenvalue weighted by Gasteiger charge is -2.10. The summed E-state index contributed by atoms with van der Waals surface area (Å²) in [5.41, 5.74) is 0. The molecule has 0 saturated carbocycles. The first kappa shape index (κ1) is 12.6. The highest BCUT2D eigenvalue weighted by molar-refractivity contribution is 5.81. The van der Waals surface area contributed by atoms with Crippen LogP contribution in [0.2, 0.25) is 0 Å². The van der Waals surface area contributed by atoms with E-state index in [0.29, 0.717) is 0 Å². The molecule has 5 heteroatoms. The molecule has 1 unspecified atom stereocenters. The maximum atomic E-state index is 10.5. The molecule has 0 fully saturated rings. The normalized spacial score (nSPS) is 11.4. The highest BCUT2D eigenvalue weighted by Crippen LogP contribution is 1.96. The molecule has 0 radical (unpaired) electrons. The van der Waals surface area contributed by atoms with Crippen LogP contribution >= 0.6 is 0 Å². The van der Waals surface area contributed by atoms with Gasteiger partial charge in [0, 0.05) is 12.5 Å². The van der Waals surface area contributed by atoms with Crippen LogP contribution in [0.25, 0.3) is 0 Å². The van der Waals surface area contributed by atoms with Crippen molar-refractivity contribution in [2.75, 3.05) is 13.2 Å². The summed E-state index contributed by atoms with van der Waals surface area (Å²) in [5.74, 6) is -0.533. The van der Waals surface area contributed by atoms with Crippen LogP contribution in [-0.2, 0) is 14.3 Å². The molecular weight excluding hydrogens is 186 g/mol. The summed E-state index contributed by atoms with van der Waals surface area (Å²) in [6, 6.07) is 1.87. The summed E-state index contributed by atoms with van der Waals surface area (Å²) in [5, 5.41) is 17.3. The van der Waals surface area contributed by atoms with E-state index in [9.17, 15) is 4.79 Å². The lowest BCUT2D eigenvalue weighted by Crippen LogP contribution is -2.16. The van der Waals surface area contributed by atoms with Crippen molar-refractivity contribution in [1.29, 1.82) is 5.26 Å². The molecule has 0 aliphatic rings. The molecule has 0 bridgehead atoms. The fourth-order valence-electron chi connectivity index (χ4n) is 0.643. The SMILES string of the molecule is C=CC(=O)OCCC(O)OCCC#N. The van der Waals surface area contributed by atoms with Crippen molar-refractivity contribution < 1.29 is 19.4 Å². The van der Waals surface area contributed by atoms with Gasteiger partial charge in [-0.05, 0) is 0 Å². The molecule has 14 heavy (non-hydrogen) atoms. The molecule has 0 aromatic heterocycles. The van der Waals surface area contributed by atoms with Crippen molar-refractivity contribution in [3.63, 3.8) is 0 Å². The van der Waals surface area contributed by atoms with E-state index in [1.165, 1.54) is 0 Å². The zero-order valence-corrected chi connectivity index (χ0v) is 7.81. The molecule has 1 atom stereocenters. The Morgan fingerprint density at radius 3 is 2.93 bits per heavy atom. The van der Waals surface area contributed by atoms with E-state index in [-0.39, 0.29) is 26.1 Å². The number of aliphatic hydroxyl groups excluding tert-OH is 1. The van der Waals surface area contributed by atoms with E-state index >= 15 is 0 Å². The van der Waals surface area contributed by atoms with Gasteiger partial charge in [-0.1, -0.05) is 6.58 Å². The highest BCUT2D eigenvalue weighted by atomic mass is 16.6. The lowest BCUT2D eigenvalue weighted by atomic mass is 10.4. The van der Waals surface area contributed by atoms with Gasteiger partial charge < -0.3 is 14.6 Å². The maximum absolute atomic E-state index is 10.5. The molecule has 0 heterocycles. The van der Waals surface area contributed by atoms with E-state index < -0.39 is 12.3 Å². The molecular formula is C9H13NO4. The average Bonchev–Trinajstić information content (AvgIpc) is 2.18. The third kappa shape index (κ3) is 7.28. The fraction of sp³-hybridized carbons (Fsp3) is 0.556. The summed E-state index contributed by atoms with van der Waals surface area (Å²) in [7, 11) is 0. The van der Waals surface area contributed by atoms with Crippen molar-refractivity contribution in [1.82, 2.24) is 0 Å². The van der Waals surface area contributed by atoms with E-state index in [1.807, 2.05) is 6.07 Å². The van der Waals surface area contributed by atoms with Crippen molar-refractivity contribution >= 4 is 5.97 Å². The van der Waals surface area contributed by atoms with Crippen molar-refractivity contribution in [2.24, 2.45) is 0 Å². The molecule has 0 aliphatic carbocycles. The molecule has 1 N–H and O–H groups in total. The summed E-state index contributed by atoms with van der Waals surface area (Å²) in [6.45, 7) is 3.46. The Bertz CT molecular complexity index is 221. The largest absolute Gasteiger partial charge is 0.462 e. The number of carbonyl (C=O) groups is 1. The van der Waals surface area contributed by atoms with Crippen LogP contribution in [-0.4, -0.2) is 30.6 Å². The van der Waals surface area contributed by atoms with Gasteiger partial charge in [-0.15, -0.1) is 0 Å². The summed E-state index contributed by atoms with van der Waals surface area (Å²) in [6.07, 6.45) is 0.457. The zero-order valence-electron chi connectivity index (χ0n) is 7.81. The van der Waals surface area contributed by atoms with Crippen LogP contribution < -0.4 is 0 Å². The van der Waals surface area contributed by atoms with Crippen LogP contribution in [0.5, 0.6) is 0 Å². The Labute approximate surface area is 82.5 Å². The van der Waals surface area contributed by atoms with Gasteiger partial charge in [0.15, 0.2) is 6.29 Å². The number of hydrogen-bond donors (Lipinski definition) is 1. The molecule has 0 rings (SSSR count). The zero-order chi connectivity index (χ0) is 10.8. The highest BCUT2D eigenvalue weighted by Gasteiger charge is 2.04. The minimum Gasteiger partial charge on any atom is -0.462 e. The van der Waals surface area contributed by atoms with Crippen molar-refractivity contribution in [3.8, 4) is 6.07 Å². The maximum Gasteiger partial charge on any atom is 0.330 e. The Balaban J connectivity index is 3.35. The summed E-state index contributed by atoms with van der Waals surface area (Å²) >= 11 is 0. The first-order valence-corrected chi connectivity index (χ1v) is 4.16. The number of nitrogens with zero attached hydrogens (tertiary/aromatic N) is 1. The van der Waals surface area contributed by atoms with E-state index in [4.69, 9.17) is 15.1 Å². The van der Waals surface area contributed by atoms with Crippen molar-refractivity contribution in [2.45, 2.75) is 19.1 Å². The van der Waals surface area contributed by atoms with E-state index in [0.717, 1.165) is 6.08 Å². The molecule has 0 aliphatic heterocycles. The lowest BCUT2D eigenvalue weighted by molar-refractivity contribution is -0.143. The van der Waals surface area contributed by atoms with Gasteiger partial charge in [-0.3, -0.25) is 0 Å². The van der Waals surface area contributed by atoms with Gasteiger partial charge in [0.2, 0.25) is 0 Å². The van der Waals surface area contributed by atoms with Crippen LogP contribution in [0.15, 0.2) is 12.7 Å². The number of ether oxygens (including phenoxy) is 2. The number of hydrogen-bond acceptors (Lipinski definition) is 5. The number of aliphatic hydroxyl groups is 1. The quantitative estimate of drug-likeness (QED) is 0.277. The fourth-order valence-corrected chi connectivity index (χ4v) is 0.643. The van der Waals surface area contributed by atoms with Gasteiger partial charge in [0.25, 0.3) is 0 Å². The van der Waals surface area contributed by atoms with Gasteiger partial charge in [-0.25, -0.2) is 4.79 Å². The molecule has 78 valence electrons. The monoisotopic (exact) mass is 199 g/mol. The first-order chi connectivity index (χ1) is 6.70. The standard InChI is InChI=1S/C9H13NO4/c1-2-8(11)14-7-4-9(12)13-6-3-5-10/h2,9,12H,1,3-4,6-7H2. The summed E-state index contributed by atoms with van der Waals surface area (Å²) < 4.78 is 9.42. The van der Waals surface area contributed by atoms with E-state index in [2.05, 4.69) is 11.3 Å². The molecule has 0 amide bonds. The second-order valence-electron chi connectivity index (χ2n) is 2.39. The topological polar surface area (TPSA) is 79.6 Å². The number of esters is 1. The van der Waals surface area contributed by atoms with Gasteiger partial charge >= 0.3 is 5.97 Å². The number of nitriles is 1. The van der Waals surface area contributed by atoms with Crippen LogP contribution in [0, 0.1) is 11.3 Å². The van der Waals surface area contributed by atoms with E-state index in [1.54, 1.807) is 0 Å². The predicted octanol–water partition coefficient (Wildman–Crippen LogP) is 0.354. The van der Waals surface area contributed by atoms with Gasteiger partial charge in [0.05, 0.1) is 25.7 Å². The molecule has 0 spiro atoms. The number of rotatable bonds is 7. The molecule has 0 aromatic rings. The Morgan fingerprint density at radius 1 is 1.64 bits per heavy atom. The number of carbonyl (C=O) groups excluding carboxylic acids is 1. The minimum absolute atomic E-state index is 0.0680. The molecule has 0 saturated heterocycles. The Kier molecular flexibility index (Phi) is 7.42. The third-order valence-corrected chi connectivity index (χ3v) is 1.30. The third-order valence-electron chi connectivity index (χ3n) is 1.30. The first-order valence-electron chi connectivity index (χ1n) is 4.16. The van der Waals surface area contributed by atoms with Crippen LogP contribution in [0.1, 0.15) is 12.8 Å². The minimum atomic E-state index is -0.999. The Morgan fingerprint density at radius 2 is 2.36 bits per heavy atom. The van der Waals surface area contributed by atoms with Crippen LogP contribution in [0.4, 0.5) is 0 Å². The second-order valence-corrected chi connectivity index (χ2v) is 2.39. The summed E-state index contributed by atoms with van der Waals surface area (Å²) in [4.78, 5) is 10.5. The average molecular weight is 199 g/mol. The smallest absolute Gasteiger partial charge is 0.330 e. The molecule has 0 aromatic carbocycles. The van der Waals surface area contributed by atoms with Gasteiger partial charge in [0.1, 0.15) is 0 Å². The van der Waals surface area contributed by atoms with Crippen LogP contribution in [0.3, 0.4) is 0 Å². The van der Waals surface area contributed by atoms with Crippen molar-refractivity contribution in [3.05, 3.63) is 12.7 Å². The van der Waals surface area contributed by atoms with Gasteiger partial charge in [-0.2, -0.15) is 5.26 Å². The second kappa shape index (κ2) is 8.23. The predicted molar refractivity (Wildman–Crippen MR) is 48.0 cm³/mol. The molecule has 5 nitrogen and oxygen atoms in total.